The van der Waals surface area contributed by atoms with E-state index in [0.29, 0.717) is 5.89 Å². The molecule has 0 aliphatic heterocycles. The number of allylic oxidation sites excluding steroid dienone is 1. The van der Waals surface area contributed by atoms with Gasteiger partial charge in [-0.2, -0.15) is 0 Å². The number of aryl methyl sites for hydroxylation is 1. The van der Waals surface area contributed by atoms with Gasteiger partial charge in [-0.3, -0.25) is 0 Å². The highest BCUT2D eigenvalue weighted by molar-refractivity contribution is 5.54. The molecule has 0 amide bonds. The van der Waals surface area contributed by atoms with Gasteiger partial charge in [-0.15, -0.1) is 0 Å². The average molecular weight is 123 g/mol. The first-order chi connectivity index (χ1) is 4.20. The standard InChI is InChI=1S/C7H9NO/c1-5(2)7-4-8-6(3)9-7/h4H,1H2,2-3H3. The molecule has 1 rings (SSSR count). The molecule has 0 aliphatic rings. The van der Waals surface area contributed by atoms with E-state index in [-0.39, 0.29) is 0 Å². The lowest BCUT2D eigenvalue weighted by atomic mass is 10.3. The summed E-state index contributed by atoms with van der Waals surface area (Å²) in [5.41, 5.74) is 0.913. The molecule has 0 aromatic carbocycles. The lowest BCUT2D eigenvalue weighted by molar-refractivity contribution is 0.510. The van der Waals surface area contributed by atoms with Crippen LogP contribution in [-0.2, 0) is 0 Å². The fourth-order valence-electron chi connectivity index (χ4n) is 0.559. The van der Waals surface area contributed by atoms with E-state index in [1.54, 1.807) is 6.20 Å². The van der Waals surface area contributed by atoms with Crippen LogP contribution in [0.1, 0.15) is 18.6 Å². The van der Waals surface area contributed by atoms with E-state index in [1.807, 2.05) is 13.8 Å². The molecule has 0 unspecified atom stereocenters. The minimum absolute atomic E-state index is 0.688. The normalized spacial score (nSPS) is 9.56. The average Bonchev–Trinajstić information content (AvgIpc) is 2.14. The first-order valence-corrected chi connectivity index (χ1v) is 2.78. The van der Waals surface area contributed by atoms with Gasteiger partial charge in [0.25, 0.3) is 0 Å². The Morgan fingerprint density at radius 3 is 2.67 bits per heavy atom. The van der Waals surface area contributed by atoms with Crippen LogP contribution in [0.25, 0.3) is 5.57 Å². The molecule has 0 radical (unpaired) electrons. The van der Waals surface area contributed by atoms with Gasteiger partial charge in [-0.05, 0) is 12.5 Å². The van der Waals surface area contributed by atoms with Gasteiger partial charge in [-0.25, -0.2) is 4.98 Å². The maximum Gasteiger partial charge on any atom is 0.191 e. The summed E-state index contributed by atoms with van der Waals surface area (Å²) in [6.07, 6.45) is 1.68. The zero-order chi connectivity index (χ0) is 6.85. The van der Waals surface area contributed by atoms with Crippen LogP contribution in [0.3, 0.4) is 0 Å². The summed E-state index contributed by atoms with van der Waals surface area (Å²) in [5.74, 6) is 1.46. The highest BCUT2D eigenvalue weighted by Crippen LogP contribution is 2.10. The molecule has 0 aliphatic carbocycles. The molecule has 0 spiro atoms. The van der Waals surface area contributed by atoms with E-state index in [2.05, 4.69) is 11.6 Å². The molecule has 0 saturated heterocycles. The number of oxazole rings is 1. The van der Waals surface area contributed by atoms with Crippen LogP contribution >= 0.6 is 0 Å². The number of aromatic nitrogens is 1. The van der Waals surface area contributed by atoms with E-state index in [0.717, 1.165) is 11.3 Å². The number of hydrogen-bond acceptors (Lipinski definition) is 2. The molecule has 2 nitrogen and oxygen atoms in total. The Morgan fingerprint density at radius 1 is 1.78 bits per heavy atom. The van der Waals surface area contributed by atoms with Gasteiger partial charge >= 0.3 is 0 Å². The van der Waals surface area contributed by atoms with Crippen LogP contribution in [0.2, 0.25) is 0 Å². The topological polar surface area (TPSA) is 26.0 Å². The van der Waals surface area contributed by atoms with Gasteiger partial charge in [0.1, 0.15) is 5.76 Å². The summed E-state index contributed by atoms with van der Waals surface area (Å²) >= 11 is 0. The number of rotatable bonds is 1. The summed E-state index contributed by atoms with van der Waals surface area (Å²) in [4.78, 5) is 3.91. The zero-order valence-electron chi connectivity index (χ0n) is 5.64. The van der Waals surface area contributed by atoms with E-state index in [1.165, 1.54) is 0 Å². The highest BCUT2D eigenvalue weighted by Gasteiger charge is 1.97. The van der Waals surface area contributed by atoms with Gasteiger partial charge in [0.05, 0.1) is 6.20 Å². The molecule has 0 fully saturated rings. The van der Waals surface area contributed by atoms with Crippen LogP contribution in [0.5, 0.6) is 0 Å². The van der Waals surface area contributed by atoms with Gasteiger partial charge < -0.3 is 4.42 Å². The van der Waals surface area contributed by atoms with E-state index < -0.39 is 0 Å². The molecule has 2 heteroatoms. The third-order valence-electron chi connectivity index (χ3n) is 1.04. The summed E-state index contributed by atoms with van der Waals surface area (Å²) < 4.78 is 5.13. The fraction of sp³-hybridized carbons (Fsp3) is 0.286. The molecular formula is C7H9NO. The SMILES string of the molecule is C=C(C)c1cnc(C)o1. The monoisotopic (exact) mass is 123 g/mol. The predicted molar refractivity (Wildman–Crippen MR) is 35.9 cm³/mol. The molecule has 1 aromatic rings. The minimum Gasteiger partial charge on any atom is -0.441 e. The Balaban J connectivity index is 2.98. The maximum atomic E-state index is 5.13. The van der Waals surface area contributed by atoms with Crippen LogP contribution in [0.15, 0.2) is 17.2 Å². The lowest BCUT2D eigenvalue weighted by Crippen LogP contribution is -1.66. The van der Waals surface area contributed by atoms with Crippen LogP contribution < -0.4 is 0 Å². The summed E-state index contributed by atoms with van der Waals surface area (Å²) in [6, 6.07) is 0. The van der Waals surface area contributed by atoms with Gasteiger partial charge in [0.15, 0.2) is 5.89 Å². The van der Waals surface area contributed by atoms with Crippen molar-refractivity contribution in [2.45, 2.75) is 13.8 Å². The van der Waals surface area contributed by atoms with Crippen molar-refractivity contribution in [3.63, 3.8) is 0 Å². The third kappa shape index (κ3) is 1.19. The molecule has 0 bridgehead atoms. The van der Waals surface area contributed by atoms with E-state index in [4.69, 9.17) is 4.42 Å². The Morgan fingerprint density at radius 2 is 2.44 bits per heavy atom. The molecular weight excluding hydrogens is 114 g/mol. The summed E-state index contributed by atoms with van der Waals surface area (Å²) in [7, 11) is 0. The van der Waals surface area contributed by atoms with Crippen molar-refractivity contribution in [3.8, 4) is 0 Å². The van der Waals surface area contributed by atoms with E-state index >= 15 is 0 Å². The largest absolute Gasteiger partial charge is 0.441 e. The van der Waals surface area contributed by atoms with Crippen molar-refractivity contribution < 1.29 is 4.42 Å². The number of nitrogens with zero attached hydrogens (tertiary/aromatic N) is 1. The first kappa shape index (κ1) is 6.08. The molecule has 1 heterocycles. The second kappa shape index (κ2) is 2.05. The Labute approximate surface area is 54.2 Å². The van der Waals surface area contributed by atoms with Crippen LogP contribution in [-0.4, -0.2) is 4.98 Å². The van der Waals surface area contributed by atoms with Crippen molar-refractivity contribution in [1.29, 1.82) is 0 Å². The second-order valence-electron chi connectivity index (χ2n) is 2.02. The molecule has 48 valence electrons. The quantitative estimate of drug-likeness (QED) is 0.571. The molecule has 0 N–H and O–H groups in total. The lowest BCUT2D eigenvalue weighted by Gasteiger charge is -1.86. The van der Waals surface area contributed by atoms with Gasteiger partial charge in [0.2, 0.25) is 0 Å². The van der Waals surface area contributed by atoms with Crippen molar-refractivity contribution in [2.75, 3.05) is 0 Å². The Hall–Kier alpha value is -1.05. The molecule has 0 atom stereocenters. The molecule has 9 heavy (non-hydrogen) atoms. The molecule has 1 aromatic heterocycles. The Bertz CT molecular complexity index is 225. The van der Waals surface area contributed by atoms with Crippen molar-refractivity contribution >= 4 is 5.57 Å². The van der Waals surface area contributed by atoms with Crippen LogP contribution in [0.4, 0.5) is 0 Å². The van der Waals surface area contributed by atoms with Crippen LogP contribution in [0, 0.1) is 6.92 Å². The zero-order valence-corrected chi connectivity index (χ0v) is 5.64. The first-order valence-electron chi connectivity index (χ1n) is 2.78. The summed E-state index contributed by atoms with van der Waals surface area (Å²) in [6.45, 7) is 7.41. The second-order valence-corrected chi connectivity index (χ2v) is 2.02. The van der Waals surface area contributed by atoms with Crippen molar-refractivity contribution in [3.05, 3.63) is 24.4 Å². The van der Waals surface area contributed by atoms with Crippen molar-refractivity contribution in [1.82, 2.24) is 4.98 Å². The minimum atomic E-state index is 0.688. The van der Waals surface area contributed by atoms with E-state index in [9.17, 15) is 0 Å². The van der Waals surface area contributed by atoms with Gasteiger partial charge in [-0.1, -0.05) is 6.58 Å². The predicted octanol–water partition coefficient (Wildman–Crippen LogP) is 2.02. The van der Waals surface area contributed by atoms with Gasteiger partial charge in [0, 0.05) is 6.92 Å². The molecule has 0 saturated carbocycles. The third-order valence-corrected chi connectivity index (χ3v) is 1.04. The smallest absolute Gasteiger partial charge is 0.191 e. The highest BCUT2D eigenvalue weighted by atomic mass is 16.4. The number of hydrogen-bond donors (Lipinski definition) is 0. The Kier molecular flexibility index (Phi) is 1.39. The fourth-order valence-corrected chi connectivity index (χ4v) is 0.559. The summed E-state index contributed by atoms with van der Waals surface area (Å²) in [5, 5.41) is 0. The maximum absolute atomic E-state index is 5.13. The van der Waals surface area contributed by atoms with Crippen molar-refractivity contribution in [2.24, 2.45) is 0 Å².